The average molecular weight is 398 g/mol. The summed E-state index contributed by atoms with van der Waals surface area (Å²) in [6, 6.07) is 22.7. The van der Waals surface area contributed by atoms with E-state index in [2.05, 4.69) is 64.1 Å². The molecule has 0 amide bonds. The topological polar surface area (TPSA) is 37.6 Å². The number of hydrogen-bond acceptors (Lipinski definition) is 3. The molecule has 1 heterocycles. The molecule has 0 N–H and O–H groups in total. The quantitative estimate of drug-likeness (QED) is 0.394. The van der Waals surface area contributed by atoms with Crippen molar-refractivity contribution < 1.29 is 0 Å². The first-order valence-electron chi connectivity index (χ1n) is 10.6. The second-order valence-corrected chi connectivity index (χ2v) is 8.23. The Hall–Kier alpha value is -3.07. The van der Waals surface area contributed by atoms with Gasteiger partial charge >= 0.3 is 0 Å². The maximum Gasteiger partial charge on any atom is 0.0849 e. The van der Waals surface area contributed by atoms with Crippen molar-refractivity contribution >= 4 is 22.8 Å². The van der Waals surface area contributed by atoms with Crippen LogP contribution in [-0.4, -0.2) is 16.4 Å². The normalized spacial score (nSPS) is 12.7. The predicted molar refractivity (Wildman–Crippen MR) is 129 cm³/mol. The van der Waals surface area contributed by atoms with Crippen LogP contribution >= 0.6 is 0 Å². The number of benzene rings is 2. The molecule has 0 saturated heterocycles. The minimum absolute atomic E-state index is 0.424. The van der Waals surface area contributed by atoms with E-state index in [0.29, 0.717) is 11.8 Å². The Morgan fingerprint density at radius 1 is 0.600 bits per heavy atom. The van der Waals surface area contributed by atoms with Crippen LogP contribution in [0.25, 0.3) is 0 Å². The van der Waals surface area contributed by atoms with Crippen molar-refractivity contribution in [3.05, 3.63) is 89.2 Å². The molecule has 0 radical (unpaired) electrons. The zero-order chi connectivity index (χ0) is 21.7. The predicted octanol–water partition coefficient (Wildman–Crippen LogP) is 7.61. The number of rotatable bonds is 6. The van der Waals surface area contributed by atoms with Gasteiger partial charge in [0.25, 0.3) is 0 Å². The van der Waals surface area contributed by atoms with Gasteiger partial charge in [0.15, 0.2) is 0 Å². The Kier molecular flexibility index (Phi) is 6.94. The van der Waals surface area contributed by atoms with Gasteiger partial charge in [-0.25, -0.2) is 4.98 Å². The van der Waals surface area contributed by atoms with Crippen LogP contribution in [0.5, 0.6) is 0 Å². The van der Waals surface area contributed by atoms with E-state index >= 15 is 0 Å². The van der Waals surface area contributed by atoms with Crippen LogP contribution in [0.15, 0.2) is 76.7 Å². The van der Waals surface area contributed by atoms with Gasteiger partial charge in [0.05, 0.1) is 34.2 Å². The summed E-state index contributed by atoms with van der Waals surface area (Å²) in [5.74, 6) is 0.847. The molecule has 3 rings (SSSR count). The first-order valence-corrected chi connectivity index (χ1v) is 10.6. The van der Waals surface area contributed by atoms with Gasteiger partial charge in [0.2, 0.25) is 0 Å². The van der Waals surface area contributed by atoms with Crippen LogP contribution in [0.2, 0.25) is 0 Å². The minimum atomic E-state index is 0.424. The van der Waals surface area contributed by atoms with Gasteiger partial charge in [0, 0.05) is 0 Å². The van der Waals surface area contributed by atoms with Crippen LogP contribution in [0.3, 0.4) is 0 Å². The summed E-state index contributed by atoms with van der Waals surface area (Å²) in [5.41, 5.74) is 8.06. The second kappa shape index (κ2) is 9.62. The summed E-state index contributed by atoms with van der Waals surface area (Å²) in [6.07, 6.45) is 0. The molecule has 0 saturated carbocycles. The Morgan fingerprint density at radius 2 is 1.00 bits per heavy atom. The highest BCUT2D eigenvalue weighted by Gasteiger charge is 2.09. The molecule has 30 heavy (non-hydrogen) atoms. The molecule has 0 spiro atoms. The van der Waals surface area contributed by atoms with E-state index in [-0.39, 0.29) is 0 Å². The maximum absolute atomic E-state index is 4.89. The third-order valence-corrected chi connectivity index (χ3v) is 5.18. The fraction of sp³-hybridized carbons (Fsp3) is 0.296. The molecule has 0 fully saturated rings. The molecule has 0 bridgehead atoms. The van der Waals surface area contributed by atoms with Gasteiger partial charge in [-0.2, -0.15) is 0 Å². The summed E-state index contributed by atoms with van der Waals surface area (Å²) in [7, 11) is 0. The average Bonchev–Trinajstić information content (AvgIpc) is 2.74. The molecule has 154 valence electrons. The van der Waals surface area contributed by atoms with E-state index in [0.717, 1.165) is 34.2 Å². The lowest BCUT2D eigenvalue weighted by Gasteiger charge is -2.11. The summed E-state index contributed by atoms with van der Waals surface area (Å²) in [6.45, 7) is 12.8. The van der Waals surface area contributed by atoms with Crippen molar-refractivity contribution in [1.29, 1.82) is 0 Å². The molecule has 2 aromatic carbocycles. The van der Waals surface area contributed by atoms with Crippen molar-refractivity contribution in [3.63, 3.8) is 0 Å². The summed E-state index contributed by atoms with van der Waals surface area (Å²) < 4.78 is 0. The molecule has 1 aromatic heterocycles. The minimum Gasteiger partial charge on any atom is -0.251 e. The lowest BCUT2D eigenvalue weighted by Crippen LogP contribution is -2.05. The van der Waals surface area contributed by atoms with E-state index < -0.39 is 0 Å². The number of para-hydroxylation sites is 2. The molecular weight excluding hydrogens is 366 g/mol. The van der Waals surface area contributed by atoms with Crippen molar-refractivity contribution in [2.24, 2.45) is 9.98 Å². The molecule has 0 unspecified atom stereocenters. The highest BCUT2D eigenvalue weighted by Crippen LogP contribution is 2.28. The Morgan fingerprint density at radius 3 is 1.40 bits per heavy atom. The van der Waals surface area contributed by atoms with Crippen LogP contribution < -0.4 is 0 Å². The molecule has 3 aromatic rings. The van der Waals surface area contributed by atoms with Crippen LogP contribution in [0.4, 0.5) is 11.4 Å². The molecule has 0 aliphatic carbocycles. The van der Waals surface area contributed by atoms with E-state index in [1.54, 1.807) is 0 Å². The zero-order valence-electron chi connectivity index (χ0n) is 18.8. The molecule has 3 nitrogen and oxygen atoms in total. The first kappa shape index (κ1) is 21.6. The fourth-order valence-corrected chi connectivity index (χ4v) is 3.47. The van der Waals surface area contributed by atoms with E-state index in [1.807, 2.05) is 44.2 Å². The lowest BCUT2D eigenvalue weighted by atomic mass is 10.0. The third kappa shape index (κ3) is 5.10. The van der Waals surface area contributed by atoms with Gasteiger partial charge in [0.1, 0.15) is 0 Å². The standard InChI is InChI=1S/C27H31N3/c1-18(2)22-12-7-9-14-26(22)28-20(5)24-16-11-17-25(30-24)21(6)29-27-15-10-8-13-23(27)19(3)4/h7-19H,1-6H3/b28-20+,29-21+. The van der Waals surface area contributed by atoms with Crippen molar-refractivity contribution in [2.75, 3.05) is 0 Å². The van der Waals surface area contributed by atoms with Gasteiger partial charge in [-0.15, -0.1) is 0 Å². The summed E-state index contributed by atoms with van der Waals surface area (Å²) in [4.78, 5) is 14.6. The van der Waals surface area contributed by atoms with Gasteiger partial charge < -0.3 is 0 Å². The van der Waals surface area contributed by atoms with Crippen LogP contribution in [0.1, 0.15) is 75.9 Å². The monoisotopic (exact) mass is 397 g/mol. The SMILES string of the molecule is C/C(=N\c1ccccc1C(C)C)c1cccc(/C(C)=N/c2ccccc2C(C)C)n1. The van der Waals surface area contributed by atoms with E-state index in [9.17, 15) is 0 Å². The van der Waals surface area contributed by atoms with E-state index in [1.165, 1.54) is 11.1 Å². The highest BCUT2D eigenvalue weighted by molar-refractivity contribution is 6.02. The molecule has 3 heteroatoms. The van der Waals surface area contributed by atoms with E-state index in [4.69, 9.17) is 15.0 Å². The smallest absolute Gasteiger partial charge is 0.0849 e. The molecule has 0 atom stereocenters. The second-order valence-electron chi connectivity index (χ2n) is 8.23. The van der Waals surface area contributed by atoms with Gasteiger partial charge in [-0.1, -0.05) is 70.2 Å². The number of pyridine rings is 1. The summed E-state index contributed by atoms with van der Waals surface area (Å²) >= 11 is 0. The van der Waals surface area contributed by atoms with Crippen molar-refractivity contribution in [1.82, 2.24) is 4.98 Å². The first-order chi connectivity index (χ1) is 14.4. The zero-order valence-corrected chi connectivity index (χ0v) is 18.8. The lowest BCUT2D eigenvalue weighted by molar-refractivity contribution is 0.867. The number of nitrogens with zero attached hydrogens (tertiary/aromatic N) is 3. The molecule has 0 aliphatic rings. The number of aromatic nitrogens is 1. The third-order valence-electron chi connectivity index (χ3n) is 5.18. The Bertz CT molecular complexity index is 992. The summed E-state index contributed by atoms with van der Waals surface area (Å²) in [5, 5.41) is 0. The molecular formula is C27H31N3. The Labute approximate surface area is 180 Å². The number of aliphatic imine (C=N–C) groups is 2. The van der Waals surface area contributed by atoms with Crippen LogP contribution in [-0.2, 0) is 0 Å². The Balaban J connectivity index is 1.95. The fourth-order valence-electron chi connectivity index (χ4n) is 3.47. The van der Waals surface area contributed by atoms with Crippen molar-refractivity contribution in [2.45, 2.75) is 53.4 Å². The number of hydrogen-bond donors (Lipinski definition) is 0. The largest absolute Gasteiger partial charge is 0.251 e. The van der Waals surface area contributed by atoms with Crippen molar-refractivity contribution in [3.8, 4) is 0 Å². The maximum atomic E-state index is 4.89. The van der Waals surface area contributed by atoms with Gasteiger partial charge in [-0.05, 0) is 61.1 Å². The van der Waals surface area contributed by atoms with Crippen LogP contribution in [0, 0.1) is 0 Å². The molecule has 0 aliphatic heterocycles. The van der Waals surface area contributed by atoms with Gasteiger partial charge in [-0.3, -0.25) is 9.98 Å². The highest BCUT2D eigenvalue weighted by atomic mass is 14.8.